The van der Waals surface area contributed by atoms with Crippen molar-refractivity contribution in [1.29, 1.82) is 0 Å². The third-order valence-electron chi connectivity index (χ3n) is 9.65. The summed E-state index contributed by atoms with van der Waals surface area (Å²) in [6, 6.07) is 22.7. The Labute approximate surface area is 394 Å². The summed E-state index contributed by atoms with van der Waals surface area (Å²) in [4.78, 5) is 86.1. The first kappa shape index (κ1) is 56.1. The number of nitrogens with one attached hydrogen (secondary N) is 4. The topological polar surface area (TPSA) is 294 Å². The van der Waals surface area contributed by atoms with E-state index in [0.29, 0.717) is 71.2 Å². The molecule has 0 bridgehead atoms. The SMILES string of the molecule is CC(=O)[C-](C)C(C)=O.CC(=O)[C-](C)C(C)=O.Cc1cccc2nc3cccc(C(=O)NCCNCCNCCNC(=O)c4cccc5nc6cccc(C)c6nc45)c3nc12.[Co+3].[O-][Cl+3]([O-])([O-])[O-]. The number of benzene rings is 4. The van der Waals surface area contributed by atoms with Gasteiger partial charge in [-0.25, -0.2) is 38.6 Å². The molecule has 66 heavy (non-hydrogen) atoms. The average Bonchev–Trinajstić information content (AvgIpc) is 3.24. The number of hydrogen-bond donors (Lipinski definition) is 4. The summed E-state index contributed by atoms with van der Waals surface area (Å²) >= 11 is 0. The minimum absolute atomic E-state index is 0. The van der Waals surface area contributed by atoms with Gasteiger partial charge in [0, 0.05) is 62.4 Å². The van der Waals surface area contributed by atoms with Gasteiger partial charge in [-0.1, -0.05) is 36.4 Å². The van der Waals surface area contributed by atoms with Crippen molar-refractivity contribution in [3.8, 4) is 0 Å². The van der Waals surface area contributed by atoms with Gasteiger partial charge in [0.2, 0.25) is 0 Å². The molecule has 0 saturated carbocycles. The van der Waals surface area contributed by atoms with E-state index in [9.17, 15) is 28.8 Å². The Morgan fingerprint density at radius 3 is 1.03 bits per heavy atom. The number of nitrogens with zero attached hydrogens (tertiary/aromatic N) is 4. The third kappa shape index (κ3) is 17.8. The van der Waals surface area contributed by atoms with Crippen LogP contribution in [0.25, 0.3) is 44.1 Å². The van der Waals surface area contributed by atoms with Crippen LogP contribution in [0.15, 0.2) is 72.8 Å². The number of ketones is 4. The van der Waals surface area contributed by atoms with Crippen LogP contribution < -0.4 is 39.9 Å². The maximum Gasteiger partial charge on any atom is 3.00 e. The van der Waals surface area contributed by atoms with Crippen molar-refractivity contribution in [2.45, 2.75) is 55.4 Å². The van der Waals surface area contributed by atoms with Crippen LogP contribution in [0, 0.1) is 35.9 Å². The molecule has 0 unspecified atom stereocenters. The molecular weight excluding hydrogens is 919 g/mol. The molecule has 0 aliphatic carbocycles. The Bertz CT molecular complexity index is 2450. The molecule has 0 saturated heterocycles. The first-order valence-electron chi connectivity index (χ1n) is 20.2. The van der Waals surface area contributed by atoms with E-state index in [1.165, 1.54) is 41.5 Å². The largest absolute Gasteiger partial charge is 3.00 e. The second-order valence-electron chi connectivity index (χ2n) is 14.5. The number of hydrogen-bond acceptors (Lipinski definition) is 16. The van der Waals surface area contributed by atoms with Gasteiger partial charge in [0.25, 0.3) is 11.8 Å². The molecule has 0 aliphatic rings. The zero-order valence-corrected chi connectivity index (χ0v) is 39.6. The second kappa shape index (κ2) is 26.8. The number of aromatic nitrogens is 4. The van der Waals surface area contributed by atoms with Crippen LogP contribution >= 0.6 is 0 Å². The number of amides is 2. The van der Waals surface area contributed by atoms with Crippen LogP contribution in [0.5, 0.6) is 0 Å². The molecule has 6 rings (SSSR count). The van der Waals surface area contributed by atoms with Crippen LogP contribution in [-0.4, -0.2) is 94.2 Å². The summed E-state index contributed by atoms with van der Waals surface area (Å²) in [5.74, 6) is -0.261. The van der Waals surface area contributed by atoms with Gasteiger partial charge in [-0.3, -0.25) is 21.4 Å². The maximum absolute atomic E-state index is 12.9. The van der Waals surface area contributed by atoms with E-state index in [1.54, 1.807) is 12.1 Å². The van der Waals surface area contributed by atoms with Gasteiger partial charge < -0.3 is 40.4 Å². The minimum atomic E-state index is -4.94. The van der Waals surface area contributed by atoms with Gasteiger partial charge in [-0.2, -0.15) is 13.8 Å². The molecule has 4 N–H and O–H groups in total. The monoisotopic (exact) mass is 970 g/mol. The van der Waals surface area contributed by atoms with Crippen molar-refractivity contribution in [3.05, 3.63) is 107 Å². The fourth-order valence-corrected chi connectivity index (χ4v) is 5.73. The summed E-state index contributed by atoms with van der Waals surface area (Å²) in [7, 11) is -4.94. The summed E-state index contributed by atoms with van der Waals surface area (Å²) in [6.45, 7) is 16.2. The predicted octanol–water partition coefficient (Wildman–Crippen LogP) is 0.594. The first-order valence-corrected chi connectivity index (χ1v) is 21.5. The molecule has 2 amide bonds. The Morgan fingerprint density at radius 1 is 0.470 bits per heavy atom. The van der Waals surface area contributed by atoms with E-state index in [4.69, 9.17) is 38.6 Å². The molecule has 6 aromatic rings. The molecular formula is C46H52ClCoN8O10. The zero-order valence-electron chi connectivity index (χ0n) is 37.8. The van der Waals surface area contributed by atoms with Crippen molar-refractivity contribution in [3.63, 3.8) is 0 Å². The fraction of sp³-hybridized carbons (Fsp3) is 0.304. The van der Waals surface area contributed by atoms with E-state index < -0.39 is 10.2 Å². The van der Waals surface area contributed by atoms with E-state index in [2.05, 4.69) is 21.3 Å². The quantitative estimate of drug-likeness (QED) is 0.0474. The number of fused-ring (bicyclic) bond motifs is 4. The van der Waals surface area contributed by atoms with Crippen LogP contribution in [0.2, 0.25) is 0 Å². The average molecular weight is 971 g/mol. The third-order valence-corrected chi connectivity index (χ3v) is 9.65. The zero-order chi connectivity index (χ0) is 48.4. The van der Waals surface area contributed by atoms with E-state index >= 15 is 0 Å². The van der Waals surface area contributed by atoms with Crippen LogP contribution in [0.3, 0.4) is 0 Å². The molecule has 0 spiro atoms. The molecule has 20 heteroatoms. The molecule has 0 aliphatic heterocycles. The molecule has 4 aromatic carbocycles. The van der Waals surface area contributed by atoms with Gasteiger partial charge in [0.15, 0.2) is 0 Å². The smallest absolute Gasteiger partial charge is 0.351 e. The van der Waals surface area contributed by atoms with Crippen molar-refractivity contribution in [2.75, 3.05) is 39.3 Å². The first-order chi connectivity index (χ1) is 30.6. The summed E-state index contributed by atoms with van der Waals surface area (Å²) in [6.07, 6.45) is 0. The van der Waals surface area contributed by atoms with E-state index in [1.807, 2.05) is 74.5 Å². The minimum Gasteiger partial charge on any atom is -0.351 e. The number of carbonyl (C=O) groups excluding carboxylic acids is 6. The fourth-order valence-electron chi connectivity index (χ4n) is 5.73. The van der Waals surface area contributed by atoms with E-state index in [0.717, 1.165) is 46.3 Å². The maximum atomic E-state index is 12.9. The Balaban J connectivity index is 0.000000566. The van der Waals surface area contributed by atoms with Crippen LogP contribution in [0.1, 0.15) is 73.4 Å². The molecule has 18 nitrogen and oxygen atoms in total. The van der Waals surface area contributed by atoms with Gasteiger partial charge in [-0.15, -0.1) is 10.2 Å². The van der Waals surface area contributed by atoms with Crippen molar-refractivity contribution in [1.82, 2.24) is 41.2 Å². The Kier molecular flexibility index (Phi) is 22.8. The van der Waals surface area contributed by atoms with Crippen molar-refractivity contribution in [2.24, 2.45) is 0 Å². The number of carbonyl (C=O) groups is 6. The standard InChI is InChI=1S/C34H34N8O2.2C6H9O2.ClHO4.Co/c1-21-7-3-11-25-29(21)41-31-23(9-5-13-27(31)39-25)33(43)37-19-17-35-15-16-36-18-20-38-34(44)24-10-6-14-28-32(24)42-30-22(2)8-4-12-26(30)40-28;2*1-4(5(2)7)6(3)8;2-1(3,4)5;/h3-14,35-36H,15-20H2,1-2H3,(H,37,43)(H,38,44);2*1-3H3;(H,2,3,4,5);/q;2*-1;;+3/p-1. The number of Topliss-reactive ketones (excluding diaryl/α,β-unsaturated/α-hetero) is 4. The van der Waals surface area contributed by atoms with Gasteiger partial charge in [0.05, 0.1) is 44.2 Å². The number of halogens is 1. The number of para-hydroxylation sites is 4. The number of aryl methyl sites for hydroxylation is 2. The number of rotatable bonds is 15. The molecule has 0 radical (unpaired) electrons. The molecule has 0 atom stereocenters. The Morgan fingerprint density at radius 2 is 0.742 bits per heavy atom. The molecule has 352 valence electrons. The normalized spacial score (nSPS) is 10.5. The molecule has 2 heterocycles. The van der Waals surface area contributed by atoms with Gasteiger partial charge >= 0.3 is 16.8 Å². The van der Waals surface area contributed by atoms with Crippen LogP contribution in [-0.2, 0) is 36.0 Å². The molecule has 0 fully saturated rings. The van der Waals surface area contributed by atoms with Crippen molar-refractivity contribution >= 4 is 79.1 Å². The Hall–Kier alpha value is -6.00. The van der Waals surface area contributed by atoms with Gasteiger partial charge in [-0.05, 0) is 89.1 Å². The van der Waals surface area contributed by atoms with Crippen LogP contribution in [0.4, 0.5) is 0 Å². The summed E-state index contributed by atoms with van der Waals surface area (Å²) < 4.78 is 34.0. The van der Waals surface area contributed by atoms with Gasteiger partial charge in [0.1, 0.15) is 11.0 Å². The van der Waals surface area contributed by atoms with E-state index in [-0.39, 0.29) is 51.7 Å². The summed E-state index contributed by atoms with van der Waals surface area (Å²) in [5, 5.41) is 12.6. The molecule has 2 aromatic heterocycles. The van der Waals surface area contributed by atoms with Crippen molar-refractivity contribution < 1.29 is 74.4 Å². The predicted molar refractivity (Wildman–Crippen MR) is 235 cm³/mol. The second-order valence-corrected chi connectivity index (χ2v) is 15.3. The summed E-state index contributed by atoms with van der Waals surface area (Å²) in [5.41, 5.74) is 8.94.